The highest BCUT2D eigenvalue weighted by molar-refractivity contribution is 5.75. The fraction of sp³-hybridized carbons (Fsp3) is 0.667. The summed E-state index contributed by atoms with van der Waals surface area (Å²) in [4.78, 5) is 10.8. The number of carbonyl (C=O) groups excluding carboxylic acids is 1. The largest absolute Gasteiger partial charge is 0.394 e. The molecule has 86 valence electrons. The maximum atomic E-state index is 10.8. The van der Waals surface area contributed by atoms with Gasteiger partial charge in [-0.3, -0.25) is 4.79 Å². The quantitative estimate of drug-likeness (QED) is 0.546. The number of nitrogens with one attached hydrogen (secondary N) is 1. The second-order valence-electron chi connectivity index (χ2n) is 3.22. The summed E-state index contributed by atoms with van der Waals surface area (Å²) in [5.74, 6) is -0.244. The molecule has 0 aromatic carbocycles. The fourth-order valence-electron chi connectivity index (χ4n) is 1.30. The van der Waals surface area contributed by atoms with Crippen LogP contribution in [0.4, 0.5) is 0 Å². The van der Waals surface area contributed by atoms with E-state index in [0.29, 0.717) is 5.70 Å². The summed E-state index contributed by atoms with van der Waals surface area (Å²) < 4.78 is 10.2. The zero-order chi connectivity index (χ0) is 11.4. The summed E-state index contributed by atoms with van der Waals surface area (Å²) in [5.41, 5.74) is 0.447. The number of hydrogen-bond acceptors (Lipinski definition) is 5. The van der Waals surface area contributed by atoms with E-state index in [1.54, 1.807) is 0 Å². The normalized spacial score (nSPS) is 27.3. The Morgan fingerprint density at radius 1 is 1.80 bits per heavy atom. The summed E-state index contributed by atoms with van der Waals surface area (Å²) in [7, 11) is 1.42. The summed E-state index contributed by atoms with van der Waals surface area (Å²) in [6.45, 7) is 0.953. The first-order valence-electron chi connectivity index (χ1n) is 4.55. The third-order valence-electron chi connectivity index (χ3n) is 1.98. The van der Waals surface area contributed by atoms with Crippen LogP contribution in [0.25, 0.3) is 0 Å². The highest BCUT2D eigenvalue weighted by Gasteiger charge is 2.31. The number of amides is 1. The minimum atomic E-state index is -1.02. The minimum absolute atomic E-state index is 0.244. The molecule has 1 aliphatic rings. The van der Waals surface area contributed by atoms with E-state index in [9.17, 15) is 9.90 Å². The average Bonchev–Trinajstić information content (AvgIpc) is 2.59. The van der Waals surface area contributed by atoms with Crippen LogP contribution < -0.4 is 5.32 Å². The lowest BCUT2D eigenvalue weighted by atomic mass is 10.2. The van der Waals surface area contributed by atoms with Gasteiger partial charge in [0.15, 0.2) is 6.29 Å². The standard InChI is InChI=1S/C9H15NO5/c1-5(12)10-6-3-8(7(13)4-11)15-9(6)14-2/h3,7-9,11,13H,4H2,1-2H3,(H,10,12)/t7-,8-,9+/m0/s1. The smallest absolute Gasteiger partial charge is 0.221 e. The first-order valence-corrected chi connectivity index (χ1v) is 4.55. The maximum Gasteiger partial charge on any atom is 0.221 e. The zero-order valence-electron chi connectivity index (χ0n) is 8.64. The Hall–Kier alpha value is -0.950. The van der Waals surface area contributed by atoms with Gasteiger partial charge in [0.05, 0.1) is 12.3 Å². The predicted octanol–water partition coefficient (Wildman–Crippen LogP) is -1.27. The lowest BCUT2D eigenvalue weighted by molar-refractivity contribution is -0.139. The van der Waals surface area contributed by atoms with Crippen molar-refractivity contribution in [1.82, 2.24) is 5.32 Å². The van der Waals surface area contributed by atoms with Crippen LogP contribution in [0.3, 0.4) is 0 Å². The van der Waals surface area contributed by atoms with Crippen LogP contribution in [0.5, 0.6) is 0 Å². The summed E-state index contributed by atoms with van der Waals surface area (Å²) in [6, 6.07) is 0. The molecule has 3 atom stereocenters. The summed E-state index contributed by atoms with van der Waals surface area (Å²) >= 11 is 0. The van der Waals surface area contributed by atoms with Gasteiger partial charge in [0.1, 0.15) is 12.2 Å². The first kappa shape index (κ1) is 12.1. The van der Waals surface area contributed by atoms with Crippen molar-refractivity contribution >= 4 is 5.91 Å². The van der Waals surface area contributed by atoms with Crippen LogP contribution in [-0.4, -0.2) is 48.3 Å². The van der Waals surface area contributed by atoms with Crippen LogP contribution in [0, 0.1) is 0 Å². The molecule has 0 aliphatic carbocycles. The van der Waals surface area contributed by atoms with Crippen molar-refractivity contribution in [2.75, 3.05) is 13.7 Å². The van der Waals surface area contributed by atoms with Gasteiger partial charge in [0, 0.05) is 14.0 Å². The molecule has 15 heavy (non-hydrogen) atoms. The molecule has 6 heteroatoms. The Bertz CT molecular complexity index is 265. The average molecular weight is 217 g/mol. The Morgan fingerprint density at radius 3 is 2.93 bits per heavy atom. The van der Waals surface area contributed by atoms with E-state index in [0.717, 1.165) is 0 Å². The van der Waals surface area contributed by atoms with E-state index < -0.39 is 25.1 Å². The molecule has 6 nitrogen and oxygen atoms in total. The zero-order valence-corrected chi connectivity index (χ0v) is 8.64. The number of rotatable bonds is 4. The second-order valence-corrected chi connectivity index (χ2v) is 3.22. The number of carbonyl (C=O) groups is 1. The van der Waals surface area contributed by atoms with Crippen molar-refractivity contribution in [3.8, 4) is 0 Å². The Labute approximate surface area is 87.5 Å². The molecule has 0 unspecified atom stereocenters. The van der Waals surface area contributed by atoms with Crippen molar-refractivity contribution in [1.29, 1.82) is 0 Å². The monoisotopic (exact) mass is 217 g/mol. The van der Waals surface area contributed by atoms with E-state index in [1.807, 2.05) is 0 Å². The molecule has 1 aliphatic heterocycles. The van der Waals surface area contributed by atoms with Crippen molar-refractivity contribution < 1.29 is 24.5 Å². The van der Waals surface area contributed by atoms with Crippen LogP contribution in [0.1, 0.15) is 6.92 Å². The summed E-state index contributed by atoms with van der Waals surface area (Å²) in [5, 5.41) is 20.6. The molecule has 0 radical (unpaired) electrons. The molecule has 0 saturated heterocycles. The number of ether oxygens (including phenoxy) is 2. The molecule has 1 heterocycles. The number of aliphatic hydroxyl groups excluding tert-OH is 2. The highest BCUT2D eigenvalue weighted by Crippen LogP contribution is 2.20. The topological polar surface area (TPSA) is 88.0 Å². The molecule has 1 amide bonds. The molecular weight excluding hydrogens is 202 g/mol. The SMILES string of the molecule is CO[C@@H]1O[C@H]([C@@H](O)CO)C=C1NC(C)=O. The van der Waals surface area contributed by atoms with E-state index in [1.165, 1.54) is 20.1 Å². The molecule has 0 aromatic heterocycles. The van der Waals surface area contributed by atoms with Gasteiger partial charge in [0.2, 0.25) is 5.91 Å². The van der Waals surface area contributed by atoms with Crippen LogP contribution in [0.2, 0.25) is 0 Å². The van der Waals surface area contributed by atoms with Crippen LogP contribution in [0.15, 0.2) is 11.8 Å². The van der Waals surface area contributed by atoms with Gasteiger partial charge in [-0.1, -0.05) is 0 Å². The molecule has 0 saturated carbocycles. The third-order valence-corrected chi connectivity index (χ3v) is 1.98. The van der Waals surface area contributed by atoms with E-state index in [4.69, 9.17) is 14.6 Å². The molecular formula is C9H15NO5. The molecule has 0 spiro atoms. The predicted molar refractivity (Wildman–Crippen MR) is 50.7 cm³/mol. The second kappa shape index (κ2) is 5.22. The van der Waals surface area contributed by atoms with E-state index >= 15 is 0 Å². The number of hydrogen-bond donors (Lipinski definition) is 3. The van der Waals surface area contributed by atoms with Crippen molar-refractivity contribution in [2.24, 2.45) is 0 Å². The number of aliphatic hydroxyl groups is 2. The van der Waals surface area contributed by atoms with Gasteiger partial charge in [-0.05, 0) is 6.08 Å². The summed E-state index contributed by atoms with van der Waals surface area (Å²) in [6.07, 6.45) is -0.869. The van der Waals surface area contributed by atoms with E-state index in [2.05, 4.69) is 5.32 Å². The van der Waals surface area contributed by atoms with Gasteiger partial charge >= 0.3 is 0 Å². The first-order chi connectivity index (χ1) is 7.08. The number of methoxy groups -OCH3 is 1. The lowest BCUT2D eigenvalue weighted by Crippen LogP contribution is -2.31. The van der Waals surface area contributed by atoms with E-state index in [-0.39, 0.29) is 5.91 Å². The molecule has 1 rings (SSSR count). The van der Waals surface area contributed by atoms with Crippen LogP contribution >= 0.6 is 0 Å². The van der Waals surface area contributed by atoms with Gasteiger partial charge in [-0.2, -0.15) is 0 Å². The molecule has 0 fully saturated rings. The van der Waals surface area contributed by atoms with Gasteiger partial charge in [-0.15, -0.1) is 0 Å². The van der Waals surface area contributed by atoms with Gasteiger partial charge < -0.3 is 25.0 Å². The minimum Gasteiger partial charge on any atom is -0.394 e. The fourth-order valence-corrected chi connectivity index (χ4v) is 1.30. The Balaban J connectivity index is 2.68. The highest BCUT2D eigenvalue weighted by atomic mass is 16.7. The van der Waals surface area contributed by atoms with Gasteiger partial charge in [-0.25, -0.2) is 0 Å². The van der Waals surface area contributed by atoms with Gasteiger partial charge in [0.25, 0.3) is 0 Å². The van der Waals surface area contributed by atoms with Crippen LogP contribution in [-0.2, 0) is 14.3 Å². The Morgan fingerprint density at radius 2 is 2.47 bits per heavy atom. The Kier molecular flexibility index (Phi) is 4.22. The molecule has 0 aromatic rings. The molecule has 0 bridgehead atoms. The molecule has 3 N–H and O–H groups in total. The van der Waals surface area contributed by atoms with Crippen molar-refractivity contribution in [3.63, 3.8) is 0 Å². The van der Waals surface area contributed by atoms with Crippen molar-refractivity contribution in [2.45, 2.75) is 25.4 Å². The van der Waals surface area contributed by atoms with Crippen molar-refractivity contribution in [3.05, 3.63) is 11.8 Å². The lowest BCUT2D eigenvalue weighted by Gasteiger charge is -2.17. The third kappa shape index (κ3) is 3.00. The maximum absolute atomic E-state index is 10.8.